The van der Waals surface area contributed by atoms with Gasteiger partial charge in [-0.15, -0.1) is 0 Å². The Morgan fingerprint density at radius 1 is 1.27 bits per heavy atom. The average molecular weight is 472 g/mol. The van der Waals surface area contributed by atoms with Crippen molar-refractivity contribution in [2.24, 2.45) is 0 Å². The normalized spacial score (nSPS) is 14.2. The maximum absolute atomic E-state index is 15.2. The van der Waals surface area contributed by atoms with E-state index in [1.165, 1.54) is 19.2 Å². The number of para-hydroxylation sites is 1. The predicted molar refractivity (Wildman–Crippen MR) is 117 cm³/mol. The van der Waals surface area contributed by atoms with Gasteiger partial charge in [0.2, 0.25) is 0 Å². The first-order valence-corrected chi connectivity index (χ1v) is 11.9. The van der Waals surface area contributed by atoms with Gasteiger partial charge in [-0.1, -0.05) is 17.3 Å². The van der Waals surface area contributed by atoms with Gasteiger partial charge in [-0.3, -0.25) is 9.40 Å². The predicted octanol–water partition coefficient (Wildman–Crippen LogP) is 3.95. The van der Waals surface area contributed by atoms with Crippen molar-refractivity contribution in [3.63, 3.8) is 0 Å². The smallest absolute Gasteiger partial charge is 0.266 e. The number of nitrogens with one attached hydrogen (secondary N) is 1. The number of halogens is 1. The van der Waals surface area contributed by atoms with Crippen molar-refractivity contribution in [3.8, 4) is 11.5 Å². The Bertz CT molecular complexity index is 1400. The summed E-state index contributed by atoms with van der Waals surface area (Å²) < 4.78 is 62.0. The summed E-state index contributed by atoms with van der Waals surface area (Å²) in [6.07, 6.45) is 6.09. The first-order valence-electron chi connectivity index (χ1n) is 10.4. The molecule has 0 radical (unpaired) electrons. The van der Waals surface area contributed by atoms with Crippen LogP contribution in [-0.4, -0.2) is 36.6 Å². The third-order valence-corrected chi connectivity index (χ3v) is 6.92. The maximum Gasteiger partial charge on any atom is 0.266 e. The summed E-state index contributed by atoms with van der Waals surface area (Å²) in [4.78, 5) is -0.0391. The van der Waals surface area contributed by atoms with Gasteiger partial charge in [-0.2, -0.15) is 5.10 Å². The van der Waals surface area contributed by atoms with Crippen molar-refractivity contribution in [3.05, 3.63) is 60.2 Å². The molecule has 0 unspecified atom stereocenters. The highest BCUT2D eigenvalue weighted by atomic mass is 32.2. The molecular weight excluding hydrogens is 451 g/mol. The first kappa shape index (κ1) is 21.3. The van der Waals surface area contributed by atoms with Gasteiger partial charge in [0.15, 0.2) is 23.0 Å². The number of methoxy groups -OCH3 is 1. The van der Waals surface area contributed by atoms with Gasteiger partial charge in [0.1, 0.15) is 16.0 Å². The van der Waals surface area contributed by atoms with Gasteiger partial charge in [0, 0.05) is 18.0 Å². The lowest BCUT2D eigenvalue weighted by Crippen LogP contribution is -2.26. The van der Waals surface area contributed by atoms with Gasteiger partial charge in [0.05, 0.1) is 19.8 Å². The lowest BCUT2D eigenvalue weighted by atomic mass is 9.96. The van der Waals surface area contributed by atoms with Crippen LogP contribution in [0.15, 0.2) is 58.2 Å². The van der Waals surface area contributed by atoms with Crippen molar-refractivity contribution >= 4 is 26.8 Å². The third-order valence-electron chi connectivity index (χ3n) is 5.54. The van der Waals surface area contributed by atoms with E-state index < -0.39 is 15.8 Å². The maximum atomic E-state index is 15.2. The van der Waals surface area contributed by atoms with E-state index in [-0.39, 0.29) is 51.4 Å². The Morgan fingerprint density at radius 2 is 2.09 bits per heavy atom. The van der Waals surface area contributed by atoms with Crippen LogP contribution in [0.3, 0.4) is 0 Å². The lowest BCUT2D eigenvalue weighted by molar-refractivity contribution is 0.116. The Kier molecular flexibility index (Phi) is 5.41. The summed E-state index contributed by atoms with van der Waals surface area (Å²) in [6, 6.07) is 9.53. The minimum absolute atomic E-state index is 0.00312. The second-order valence-electron chi connectivity index (χ2n) is 7.71. The second-order valence-corrected chi connectivity index (χ2v) is 9.36. The SMILES string of the molecule is COc1c(F)c(Cn2cccn2)cc2onc(NS(=O)(=O)c3ccccc3OC3CCC3)c12. The van der Waals surface area contributed by atoms with Crippen LogP contribution >= 0.6 is 0 Å². The summed E-state index contributed by atoms with van der Waals surface area (Å²) in [6.45, 7) is 0.138. The van der Waals surface area contributed by atoms with Crippen LogP contribution in [0.4, 0.5) is 10.2 Å². The molecule has 0 saturated heterocycles. The zero-order valence-corrected chi connectivity index (χ0v) is 18.5. The van der Waals surface area contributed by atoms with Gasteiger partial charge >= 0.3 is 0 Å². The number of aromatic nitrogens is 3. The highest BCUT2D eigenvalue weighted by Crippen LogP contribution is 2.38. The fourth-order valence-electron chi connectivity index (χ4n) is 3.66. The Hall–Kier alpha value is -3.60. The molecule has 1 fully saturated rings. The number of nitrogens with zero attached hydrogens (tertiary/aromatic N) is 3. The highest BCUT2D eigenvalue weighted by Gasteiger charge is 2.28. The molecule has 2 aromatic heterocycles. The van der Waals surface area contributed by atoms with Crippen LogP contribution in [0.5, 0.6) is 11.5 Å². The number of hydrogen-bond donors (Lipinski definition) is 1. The molecule has 0 atom stereocenters. The van der Waals surface area contributed by atoms with Gasteiger partial charge in [-0.05, 0) is 43.5 Å². The molecule has 1 N–H and O–H groups in total. The topological polar surface area (TPSA) is 108 Å². The Balaban J connectivity index is 1.51. The molecule has 2 heterocycles. The van der Waals surface area contributed by atoms with E-state index in [9.17, 15) is 8.42 Å². The summed E-state index contributed by atoms with van der Waals surface area (Å²) in [5.41, 5.74) is 0.431. The number of rotatable bonds is 8. The van der Waals surface area contributed by atoms with Crippen LogP contribution in [0.2, 0.25) is 0 Å². The van der Waals surface area contributed by atoms with Crippen LogP contribution in [0.1, 0.15) is 24.8 Å². The Labute approximate surface area is 189 Å². The van der Waals surface area contributed by atoms with E-state index in [2.05, 4.69) is 15.0 Å². The fourth-order valence-corrected chi connectivity index (χ4v) is 4.81. The number of sulfonamides is 1. The molecule has 5 rings (SSSR count). The largest absolute Gasteiger partial charge is 0.493 e. The van der Waals surface area contributed by atoms with Crippen LogP contribution < -0.4 is 14.2 Å². The molecule has 11 heteroatoms. The molecule has 172 valence electrons. The summed E-state index contributed by atoms with van der Waals surface area (Å²) in [5.74, 6) is -0.752. The molecular formula is C22H21FN4O5S. The molecule has 9 nitrogen and oxygen atoms in total. The van der Waals surface area contributed by atoms with Gasteiger partial charge in [0.25, 0.3) is 10.0 Å². The second kappa shape index (κ2) is 8.39. The monoisotopic (exact) mass is 472 g/mol. The van der Waals surface area contributed by atoms with E-state index in [0.29, 0.717) is 0 Å². The molecule has 0 spiro atoms. The van der Waals surface area contributed by atoms with Gasteiger partial charge < -0.3 is 14.0 Å². The summed E-state index contributed by atoms with van der Waals surface area (Å²) in [5, 5.41) is 7.99. The number of ether oxygens (including phenoxy) is 2. The van der Waals surface area contributed by atoms with E-state index in [1.54, 1.807) is 41.3 Å². The molecule has 1 aliphatic rings. The van der Waals surface area contributed by atoms with Crippen molar-refractivity contribution in [1.82, 2.24) is 14.9 Å². The summed E-state index contributed by atoms with van der Waals surface area (Å²) >= 11 is 0. The van der Waals surface area contributed by atoms with Crippen molar-refractivity contribution in [1.29, 1.82) is 0 Å². The van der Waals surface area contributed by atoms with Crippen molar-refractivity contribution in [2.45, 2.75) is 36.8 Å². The average Bonchev–Trinajstić information content (AvgIpc) is 3.42. The summed E-state index contributed by atoms with van der Waals surface area (Å²) in [7, 11) is -2.82. The molecule has 0 bridgehead atoms. The molecule has 0 aliphatic heterocycles. The van der Waals surface area contributed by atoms with E-state index in [0.717, 1.165) is 19.3 Å². The molecule has 1 saturated carbocycles. The minimum Gasteiger partial charge on any atom is -0.493 e. The molecule has 1 aliphatic carbocycles. The highest BCUT2D eigenvalue weighted by molar-refractivity contribution is 7.92. The number of hydrogen-bond acceptors (Lipinski definition) is 7. The quantitative estimate of drug-likeness (QED) is 0.414. The fraction of sp³-hybridized carbons (Fsp3) is 0.273. The van der Waals surface area contributed by atoms with Crippen molar-refractivity contribution in [2.75, 3.05) is 11.8 Å². The Morgan fingerprint density at radius 3 is 2.79 bits per heavy atom. The lowest BCUT2D eigenvalue weighted by Gasteiger charge is -2.27. The number of anilines is 1. The van der Waals surface area contributed by atoms with E-state index >= 15 is 4.39 Å². The third kappa shape index (κ3) is 3.99. The van der Waals surface area contributed by atoms with Crippen LogP contribution in [0.25, 0.3) is 11.0 Å². The standard InChI is InChI=1S/C22H21FN4O5S/c1-30-21-19-17(12-14(20(21)23)13-27-11-5-10-24-27)32-25-22(19)26-33(28,29)18-9-3-2-8-16(18)31-15-6-4-7-15/h2-3,5,8-12,15H,4,6-7,13H2,1H3,(H,25,26). The van der Waals surface area contributed by atoms with Gasteiger partial charge in [-0.25, -0.2) is 12.8 Å². The minimum atomic E-state index is -4.11. The van der Waals surface area contributed by atoms with Crippen LogP contribution in [-0.2, 0) is 16.6 Å². The molecule has 4 aromatic rings. The van der Waals surface area contributed by atoms with Crippen LogP contribution in [0, 0.1) is 5.82 Å². The first-order chi connectivity index (χ1) is 16.0. The van der Waals surface area contributed by atoms with Crippen molar-refractivity contribution < 1.29 is 26.8 Å². The zero-order valence-electron chi connectivity index (χ0n) is 17.7. The molecule has 0 amide bonds. The number of benzene rings is 2. The molecule has 33 heavy (non-hydrogen) atoms. The van der Waals surface area contributed by atoms with E-state index in [1.807, 2.05) is 0 Å². The van der Waals surface area contributed by atoms with E-state index in [4.69, 9.17) is 14.0 Å². The number of fused-ring (bicyclic) bond motifs is 1. The zero-order chi connectivity index (χ0) is 23.0. The molecule has 2 aromatic carbocycles.